The number of carboxylic acids is 1. The summed E-state index contributed by atoms with van der Waals surface area (Å²) >= 11 is 11.8. The van der Waals surface area contributed by atoms with Crippen molar-refractivity contribution in [1.82, 2.24) is 15.1 Å². The van der Waals surface area contributed by atoms with Gasteiger partial charge in [0.15, 0.2) is 5.69 Å². The molecule has 0 radical (unpaired) electrons. The molecule has 23 heavy (non-hydrogen) atoms. The third-order valence-electron chi connectivity index (χ3n) is 3.09. The standard InChI is InChI=1S/C15H15Cl2N3O3/c16-11-5-4-10(9-12(11)17)20-8-6-13(19-20)15(23)18-7-2-1-3-14(21)22/h4-6,8-9H,1-3,7H2,(H,18,23)(H,21,22). The molecule has 0 aliphatic rings. The lowest BCUT2D eigenvalue weighted by Gasteiger charge is -2.04. The zero-order valence-corrected chi connectivity index (χ0v) is 13.6. The largest absolute Gasteiger partial charge is 0.481 e. The van der Waals surface area contributed by atoms with Crippen LogP contribution in [0.25, 0.3) is 5.69 Å². The molecule has 0 bridgehead atoms. The fraction of sp³-hybridized carbons (Fsp3) is 0.267. The van der Waals surface area contributed by atoms with E-state index >= 15 is 0 Å². The number of halogens is 2. The molecule has 0 aliphatic carbocycles. The van der Waals surface area contributed by atoms with Crippen LogP contribution in [-0.4, -0.2) is 33.3 Å². The van der Waals surface area contributed by atoms with E-state index in [4.69, 9.17) is 28.3 Å². The second-order valence-electron chi connectivity index (χ2n) is 4.85. The predicted molar refractivity (Wildman–Crippen MR) is 87.4 cm³/mol. The molecule has 0 fully saturated rings. The molecule has 8 heteroatoms. The fourth-order valence-electron chi connectivity index (χ4n) is 1.91. The average molecular weight is 356 g/mol. The summed E-state index contributed by atoms with van der Waals surface area (Å²) in [6.07, 6.45) is 2.87. The molecule has 1 amide bonds. The summed E-state index contributed by atoms with van der Waals surface area (Å²) in [6.45, 7) is 0.408. The molecular formula is C15H15Cl2N3O3. The maximum atomic E-state index is 12.0. The van der Waals surface area contributed by atoms with Crippen LogP contribution in [-0.2, 0) is 4.79 Å². The normalized spacial score (nSPS) is 10.5. The summed E-state index contributed by atoms with van der Waals surface area (Å²) in [4.78, 5) is 22.3. The molecule has 1 aromatic carbocycles. The number of nitrogens with one attached hydrogen (secondary N) is 1. The number of nitrogens with zero attached hydrogens (tertiary/aromatic N) is 2. The Balaban J connectivity index is 1.92. The van der Waals surface area contributed by atoms with E-state index in [1.165, 1.54) is 4.68 Å². The number of carbonyl (C=O) groups excluding carboxylic acids is 1. The quantitative estimate of drug-likeness (QED) is 0.747. The van der Waals surface area contributed by atoms with E-state index in [1.54, 1.807) is 30.5 Å². The molecule has 6 nitrogen and oxygen atoms in total. The van der Waals surface area contributed by atoms with Gasteiger partial charge in [-0.2, -0.15) is 5.10 Å². The van der Waals surface area contributed by atoms with Crippen LogP contribution in [0, 0.1) is 0 Å². The summed E-state index contributed by atoms with van der Waals surface area (Å²) < 4.78 is 1.53. The number of aliphatic carboxylic acids is 1. The van der Waals surface area contributed by atoms with Crippen molar-refractivity contribution >= 4 is 35.1 Å². The van der Waals surface area contributed by atoms with E-state index < -0.39 is 5.97 Å². The molecule has 1 heterocycles. The molecule has 2 N–H and O–H groups in total. The molecule has 0 saturated carbocycles. The van der Waals surface area contributed by atoms with Crippen LogP contribution in [0.3, 0.4) is 0 Å². The molecule has 0 saturated heterocycles. The van der Waals surface area contributed by atoms with Gasteiger partial charge in [-0.1, -0.05) is 23.2 Å². The van der Waals surface area contributed by atoms with Gasteiger partial charge in [-0.15, -0.1) is 0 Å². The van der Waals surface area contributed by atoms with Crippen LogP contribution in [0.4, 0.5) is 0 Å². The molecule has 2 rings (SSSR count). The van der Waals surface area contributed by atoms with Crippen LogP contribution in [0.2, 0.25) is 10.0 Å². The zero-order chi connectivity index (χ0) is 16.8. The molecule has 122 valence electrons. The molecule has 0 atom stereocenters. The van der Waals surface area contributed by atoms with Gasteiger partial charge in [-0.3, -0.25) is 9.59 Å². The van der Waals surface area contributed by atoms with Crippen molar-refractivity contribution in [3.63, 3.8) is 0 Å². The van der Waals surface area contributed by atoms with Crippen molar-refractivity contribution in [3.05, 3.63) is 46.2 Å². The molecule has 0 unspecified atom stereocenters. The second-order valence-corrected chi connectivity index (χ2v) is 5.67. The van der Waals surface area contributed by atoms with E-state index in [-0.39, 0.29) is 18.0 Å². The number of carboxylic acid groups (broad SMARTS) is 1. The summed E-state index contributed by atoms with van der Waals surface area (Å²) in [5, 5.41) is 16.3. The third-order valence-corrected chi connectivity index (χ3v) is 3.83. The molecule has 0 aliphatic heterocycles. The van der Waals surface area contributed by atoms with Gasteiger partial charge in [0, 0.05) is 19.2 Å². The second kappa shape index (κ2) is 7.99. The number of benzene rings is 1. The minimum Gasteiger partial charge on any atom is -0.481 e. The van der Waals surface area contributed by atoms with Crippen molar-refractivity contribution in [2.45, 2.75) is 19.3 Å². The Kier molecular flexibility index (Phi) is 6.01. The minimum absolute atomic E-state index is 0.0990. The van der Waals surface area contributed by atoms with E-state index in [1.807, 2.05) is 0 Å². The van der Waals surface area contributed by atoms with Crippen LogP contribution >= 0.6 is 23.2 Å². The van der Waals surface area contributed by atoms with Gasteiger partial charge in [0.05, 0.1) is 15.7 Å². The van der Waals surface area contributed by atoms with Crippen molar-refractivity contribution in [1.29, 1.82) is 0 Å². The summed E-state index contributed by atoms with van der Waals surface area (Å²) in [6, 6.07) is 6.65. The maximum Gasteiger partial charge on any atom is 0.303 e. The Hall–Kier alpha value is -2.05. The van der Waals surface area contributed by atoms with Gasteiger partial charge < -0.3 is 10.4 Å². The Morgan fingerprint density at radius 1 is 1.17 bits per heavy atom. The lowest BCUT2D eigenvalue weighted by atomic mass is 10.2. The van der Waals surface area contributed by atoms with Gasteiger partial charge in [0.1, 0.15) is 0 Å². The van der Waals surface area contributed by atoms with E-state index in [0.717, 1.165) is 0 Å². The Morgan fingerprint density at radius 2 is 1.96 bits per heavy atom. The smallest absolute Gasteiger partial charge is 0.303 e. The lowest BCUT2D eigenvalue weighted by molar-refractivity contribution is -0.137. The first-order valence-corrected chi connectivity index (χ1v) is 7.74. The molecule has 2 aromatic rings. The Bertz CT molecular complexity index is 716. The highest BCUT2D eigenvalue weighted by Crippen LogP contribution is 2.24. The molecule has 0 spiro atoms. The van der Waals surface area contributed by atoms with Crippen molar-refractivity contribution in [2.75, 3.05) is 6.54 Å². The molecule has 1 aromatic heterocycles. The predicted octanol–water partition coefficient (Wildman–Crippen LogP) is 3.16. The van der Waals surface area contributed by atoms with Crippen LogP contribution in [0.5, 0.6) is 0 Å². The number of aromatic nitrogens is 2. The highest BCUT2D eigenvalue weighted by atomic mass is 35.5. The molecular weight excluding hydrogens is 341 g/mol. The summed E-state index contributed by atoms with van der Waals surface area (Å²) in [5.74, 6) is -1.14. The van der Waals surface area contributed by atoms with E-state index in [9.17, 15) is 9.59 Å². The minimum atomic E-state index is -0.836. The first kappa shape index (κ1) is 17.3. The van der Waals surface area contributed by atoms with Crippen LogP contribution < -0.4 is 5.32 Å². The monoisotopic (exact) mass is 355 g/mol. The number of hydrogen-bond acceptors (Lipinski definition) is 3. The first-order chi connectivity index (χ1) is 11.0. The fourth-order valence-corrected chi connectivity index (χ4v) is 2.20. The van der Waals surface area contributed by atoms with E-state index in [0.29, 0.717) is 35.1 Å². The lowest BCUT2D eigenvalue weighted by Crippen LogP contribution is -2.25. The van der Waals surface area contributed by atoms with Gasteiger partial charge in [0.2, 0.25) is 0 Å². The summed E-state index contributed by atoms with van der Waals surface area (Å²) in [7, 11) is 0. The Labute approximate surface area is 143 Å². The number of unbranched alkanes of at least 4 members (excludes halogenated alkanes) is 1. The van der Waals surface area contributed by atoms with Crippen molar-refractivity contribution in [2.24, 2.45) is 0 Å². The van der Waals surface area contributed by atoms with Crippen molar-refractivity contribution in [3.8, 4) is 5.69 Å². The number of hydrogen-bond donors (Lipinski definition) is 2. The number of rotatable bonds is 7. The van der Waals surface area contributed by atoms with Gasteiger partial charge in [-0.25, -0.2) is 4.68 Å². The average Bonchev–Trinajstić information content (AvgIpc) is 2.99. The van der Waals surface area contributed by atoms with Crippen molar-refractivity contribution < 1.29 is 14.7 Å². The number of carbonyl (C=O) groups is 2. The van der Waals surface area contributed by atoms with Gasteiger partial charge in [0.25, 0.3) is 5.91 Å². The topological polar surface area (TPSA) is 84.2 Å². The summed E-state index contributed by atoms with van der Waals surface area (Å²) in [5.41, 5.74) is 0.967. The third kappa shape index (κ3) is 4.97. The maximum absolute atomic E-state index is 12.0. The zero-order valence-electron chi connectivity index (χ0n) is 12.1. The van der Waals surface area contributed by atoms with Gasteiger partial charge >= 0.3 is 5.97 Å². The van der Waals surface area contributed by atoms with Crippen LogP contribution in [0.1, 0.15) is 29.8 Å². The van der Waals surface area contributed by atoms with Crippen LogP contribution in [0.15, 0.2) is 30.5 Å². The van der Waals surface area contributed by atoms with E-state index in [2.05, 4.69) is 10.4 Å². The Morgan fingerprint density at radius 3 is 2.65 bits per heavy atom. The SMILES string of the molecule is O=C(O)CCCCNC(=O)c1ccn(-c2ccc(Cl)c(Cl)c2)n1. The first-order valence-electron chi connectivity index (χ1n) is 6.98. The number of amides is 1. The van der Waals surface area contributed by atoms with Gasteiger partial charge in [-0.05, 0) is 37.1 Å². The highest BCUT2D eigenvalue weighted by molar-refractivity contribution is 6.42. The highest BCUT2D eigenvalue weighted by Gasteiger charge is 2.10.